The molecule has 0 spiro atoms. The van der Waals surface area contributed by atoms with Gasteiger partial charge in [-0.05, 0) is 23.8 Å². The number of nitrogens with one attached hydrogen (secondary N) is 2. The molecule has 118 valence electrons. The van der Waals surface area contributed by atoms with Crippen molar-refractivity contribution in [3.8, 4) is 0 Å². The van der Waals surface area contributed by atoms with Crippen LogP contribution in [0, 0.1) is 0 Å². The number of rotatable bonds is 4. The molecule has 1 aromatic carbocycles. The van der Waals surface area contributed by atoms with E-state index in [0.29, 0.717) is 9.88 Å². The van der Waals surface area contributed by atoms with Gasteiger partial charge in [0.25, 0.3) is 10.0 Å². The number of sulfonamides is 1. The molecular formula is C13H10N4O3S3. The first kappa shape index (κ1) is 15.8. The molecule has 1 amide bonds. The van der Waals surface area contributed by atoms with Crippen molar-refractivity contribution in [3.63, 3.8) is 0 Å². The van der Waals surface area contributed by atoms with Gasteiger partial charge >= 0.3 is 0 Å². The van der Waals surface area contributed by atoms with Gasteiger partial charge in [-0.15, -0.1) is 0 Å². The van der Waals surface area contributed by atoms with E-state index >= 15 is 0 Å². The van der Waals surface area contributed by atoms with Gasteiger partial charge in [0.05, 0.1) is 4.90 Å². The summed E-state index contributed by atoms with van der Waals surface area (Å²) in [6, 6.07) is 7.62. The van der Waals surface area contributed by atoms with Gasteiger partial charge in [0, 0.05) is 12.4 Å². The van der Waals surface area contributed by atoms with Crippen LogP contribution >= 0.6 is 24.0 Å². The minimum atomic E-state index is -3.79. The molecule has 1 aliphatic rings. The Kier molecular flexibility index (Phi) is 4.28. The van der Waals surface area contributed by atoms with Crippen LogP contribution in [0.25, 0.3) is 0 Å². The lowest BCUT2D eigenvalue weighted by Crippen LogP contribution is -2.20. The van der Waals surface area contributed by atoms with Gasteiger partial charge in [-0.25, -0.2) is 23.1 Å². The lowest BCUT2D eigenvalue weighted by molar-refractivity contribution is -0.118. The number of anilines is 1. The van der Waals surface area contributed by atoms with Crippen LogP contribution in [-0.4, -0.2) is 28.6 Å². The molecule has 2 aromatic rings. The second kappa shape index (κ2) is 6.22. The number of hydrogen-bond acceptors (Lipinski definition) is 7. The van der Waals surface area contributed by atoms with E-state index in [-0.39, 0.29) is 16.8 Å². The summed E-state index contributed by atoms with van der Waals surface area (Å²) in [5.41, 5.74) is 0.683. The molecule has 1 unspecified atom stereocenters. The van der Waals surface area contributed by atoms with Crippen molar-refractivity contribution in [3.05, 3.63) is 48.3 Å². The highest BCUT2D eigenvalue weighted by atomic mass is 32.2. The molecule has 23 heavy (non-hydrogen) atoms. The van der Waals surface area contributed by atoms with E-state index < -0.39 is 15.3 Å². The van der Waals surface area contributed by atoms with E-state index in [0.717, 1.165) is 0 Å². The zero-order chi connectivity index (χ0) is 16.4. The van der Waals surface area contributed by atoms with Crippen LogP contribution < -0.4 is 10.0 Å². The van der Waals surface area contributed by atoms with Crippen molar-refractivity contribution in [2.75, 3.05) is 4.72 Å². The maximum Gasteiger partial charge on any atom is 0.264 e. The van der Waals surface area contributed by atoms with Gasteiger partial charge in [0.15, 0.2) is 0 Å². The Labute approximate surface area is 142 Å². The summed E-state index contributed by atoms with van der Waals surface area (Å²) >= 11 is 6.17. The SMILES string of the molecule is O=C1NC(=S)SC1c1ccc(S(=O)(=O)Nc2ncccn2)cc1. The maximum atomic E-state index is 12.3. The highest BCUT2D eigenvalue weighted by Gasteiger charge is 2.30. The normalized spacial score (nSPS) is 17.8. The molecule has 1 fully saturated rings. The number of nitrogens with zero attached hydrogens (tertiary/aromatic N) is 2. The Hall–Kier alpha value is -2.04. The minimum Gasteiger partial charge on any atom is -0.310 e. The predicted molar refractivity (Wildman–Crippen MR) is 90.4 cm³/mol. The Morgan fingerprint density at radius 1 is 1.17 bits per heavy atom. The molecule has 2 N–H and O–H groups in total. The first-order chi connectivity index (χ1) is 11.0. The lowest BCUT2D eigenvalue weighted by atomic mass is 10.1. The van der Waals surface area contributed by atoms with E-state index in [4.69, 9.17) is 12.2 Å². The maximum absolute atomic E-state index is 12.3. The van der Waals surface area contributed by atoms with Crippen molar-refractivity contribution in [2.24, 2.45) is 0 Å². The number of aromatic nitrogens is 2. The quantitative estimate of drug-likeness (QED) is 0.790. The summed E-state index contributed by atoms with van der Waals surface area (Å²) in [5, 5.41) is 2.10. The summed E-state index contributed by atoms with van der Waals surface area (Å²) < 4.78 is 27.2. The van der Waals surface area contributed by atoms with Crippen molar-refractivity contribution >= 4 is 50.2 Å². The van der Waals surface area contributed by atoms with E-state index in [9.17, 15) is 13.2 Å². The molecular weight excluding hydrogens is 356 g/mol. The van der Waals surface area contributed by atoms with Gasteiger partial charge in [-0.3, -0.25) is 4.79 Å². The third-order valence-electron chi connectivity index (χ3n) is 2.97. The van der Waals surface area contributed by atoms with E-state index in [1.165, 1.54) is 36.3 Å². The van der Waals surface area contributed by atoms with Gasteiger partial charge in [-0.2, -0.15) is 0 Å². The molecule has 2 heterocycles. The van der Waals surface area contributed by atoms with Crippen molar-refractivity contribution in [2.45, 2.75) is 10.1 Å². The number of hydrogen-bond donors (Lipinski definition) is 2. The topological polar surface area (TPSA) is 101 Å². The molecule has 1 aromatic heterocycles. The molecule has 10 heteroatoms. The third kappa shape index (κ3) is 3.49. The molecule has 0 bridgehead atoms. The van der Waals surface area contributed by atoms with Crippen LogP contribution in [0.4, 0.5) is 5.95 Å². The molecule has 0 aliphatic carbocycles. The Morgan fingerprint density at radius 3 is 2.39 bits per heavy atom. The standard InChI is InChI=1S/C13H10N4O3S3/c18-11-10(22-13(21)16-11)8-2-4-9(5-3-8)23(19,20)17-12-14-6-1-7-15-12/h1-7,10H,(H,14,15,17)(H,16,18,21). The summed E-state index contributed by atoms with van der Waals surface area (Å²) in [4.78, 5) is 19.4. The molecule has 3 rings (SSSR count). The Morgan fingerprint density at radius 2 is 1.83 bits per heavy atom. The van der Waals surface area contributed by atoms with Gasteiger partial charge in [0.2, 0.25) is 11.9 Å². The highest BCUT2D eigenvalue weighted by Crippen LogP contribution is 2.34. The number of amides is 1. The number of thioether (sulfide) groups is 1. The Bertz CT molecular complexity index is 854. The monoisotopic (exact) mass is 366 g/mol. The largest absolute Gasteiger partial charge is 0.310 e. The second-order valence-electron chi connectivity index (χ2n) is 4.52. The highest BCUT2D eigenvalue weighted by molar-refractivity contribution is 8.24. The van der Waals surface area contributed by atoms with Crippen molar-refractivity contribution in [1.82, 2.24) is 15.3 Å². The van der Waals surface area contributed by atoms with Crippen LogP contribution in [0.2, 0.25) is 0 Å². The Balaban J connectivity index is 1.81. The fourth-order valence-electron chi connectivity index (χ4n) is 1.93. The molecule has 1 atom stereocenters. The van der Waals surface area contributed by atoms with E-state index in [2.05, 4.69) is 20.0 Å². The molecule has 1 aliphatic heterocycles. The second-order valence-corrected chi connectivity index (χ2v) is 7.99. The molecule has 1 saturated heterocycles. The summed E-state index contributed by atoms with van der Waals surface area (Å²) in [7, 11) is -3.79. The molecule has 0 saturated carbocycles. The van der Waals surface area contributed by atoms with E-state index in [1.54, 1.807) is 18.2 Å². The van der Waals surface area contributed by atoms with Crippen LogP contribution in [-0.2, 0) is 14.8 Å². The number of carbonyl (C=O) groups excluding carboxylic acids is 1. The summed E-state index contributed by atoms with van der Waals surface area (Å²) in [5.74, 6) is -0.209. The fourth-order valence-corrected chi connectivity index (χ4v) is 4.11. The van der Waals surface area contributed by atoms with Crippen molar-refractivity contribution in [1.29, 1.82) is 0 Å². The average Bonchev–Trinajstić information content (AvgIpc) is 2.87. The predicted octanol–water partition coefficient (Wildman–Crippen LogP) is 1.47. The fraction of sp³-hybridized carbons (Fsp3) is 0.0769. The van der Waals surface area contributed by atoms with Crippen LogP contribution in [0.5, 0.6) is 0 Å². The third-order valence-corrected chi connectivity index (χ3v) is 5.75. The summed E-state index contributed by atoms with van der Waals surface area (Å²) in [6.45, 7) is 0. The number of carbonyl (C=O) groups is 1. The number of benzene rings is 1. The van der Waals surface area contributed by atoms with Gasteiger partial charge in [0.1, 0.15) is 9.57 Å². The van der Waals surface area contributed by atoms with Crippen LogP contribution in [0.15, 0.2) is 47.6 Å². The van der Waals surface area contributed by atoms with Gasteiger partial charge in [-0.1, -0.05) is 36.1 Å². The molecule has 7 nitrogen and oxygen atoms in total. The van der Waals surface area contributed by atoms with Crippen LogP contribution in [0.1, 0.15) is 10.8 Å². The smallest absolute Gasteiger partial charge is 0.264 e. The molecule has 0 radical (unpaired) electrons. The minimum absolute atomic E-state index is 0.00680. The first-order valence-electron chi connectivity index (χ1n) is 6.37. The van der Waals surface area contributed by atoms with Gasteiger partial charge < -0.3 is 5.32 Å². The van der Waals surface area contributed by atoms with E-state index in [1.807, 2.05) is 0 Å². The zero-order valence-corrected chi connectivity index (χ0v) is 13.9. The zero-order valence-electron chi connectivity index (χ0n) is 11.5. The summed E-state index contributed by atoms with van der Waals surface area (Å²) in [6.07, 6.45) is 2.87. The average molecular weight is 366 g/mol. The lowest BCUT2D eigenvalue weighted by Gasteiger charge is -2.09. The van der Waals surface area contributed by atoms with Crippen molar-refractivity contribution < 1.29 is 13.2 Å². The number of thiocarbonyl (C=S) groups is 1. The van der Waals surface area contributed by atoms with Crippen LogP contribution in [0.3, 0.4) is 0 Å². The first-order valence-corrected chi connectivity index (χ1v) is 9.14.